The van der Waals surface area contributed by atoms with E-state index in [9.17, 15) is 4.79 Å². The van der Waals surface area contributed by atoms with Crippen molar-refractivity contribution in [1.82, 2.24) is 5.32 Å². The number of benzene rings is 1. The lowest BCUT2D eigenvalue weighted by Gasteiger charge is -2.18. The Bertz CT molecular complexity index is 461. The Labute approximate surface area is 129 Å². The van der Waals surface area contributed by atoms with Gasteiger partial charge in [0.15, 0.2) is 6.61 Å². The molecule has 5 heteroatoms. The van der Waals surface area contributed by atoms with Crippen molar-refractivity contribution in [3.63, 3.8) is 0 Å². The van der Waals surface area contributed by atoms with Gasteiger partial charge in [-0.25, -0.2) is 0 Å². The number of rotatable bonds is 6. The molecule has 1 rings (SSSR count). The molecule has 0 aliphatic rings. The van der Waals surface area contributed by atoms with Gasteiger partial charge in [-0.1, -0.05) is 29.8 Å². The van der Waals surface area contributed by atoms with Crippen LogP contribution in [0.5, 0.6) is 5.75 Å². The Hall–Kier alpha value is -1.07. The number of nitrogens with two attached hydrogens (primary N) is 1. The molecule has 0 saturated carbocycles. The Morgan fingerprint density at radius 3 is 2.55 bits per heavy atom. The van der Waals surface area contributed by atoms with Crippen molar-refractivity contribution in [3.05, 3.63) is 28.2 Å². The van der Waals surface area contributed by atoms with E-state index in [1.807, 2.05) is 32.0 Å². The van der Waals surface area contributed by atoms with Gasteiger partial charge in [-0.05, 0) is 38.0 Å². The SMILES string of the molecule is CC(C)C(C)NC(=O)COc1ccc(Br)cc1[C@@H](C)N. The molecule has 1 aromatic rings. The van der Waals surface area contributed by atoms with Crippen LogP contribution in [0.1, 0.15) is 39.3 Å². The summed E-state index contributed by atoms with van der Waals surface area (Å²) in [5.41, 5.74) is 6.79. The predicted molar refractivity (Wildman–Crippen MR) is 84.7 cm³/mol. The highest BCUT2D eigenvalue weighted by Crippen LogP contribution is 2.27. The first kappa shape index (κ1) is 17.0. The van der Waals surface area contributed by atoms with Crippen molar-refractivity contribution in [1.29, 1.82) is 0 Å². The van der Waals surface area contributed by atoms with Gasteiger partial charge in [-0.3, -0.25) is 4.79 Å². The van der Waals surface area contributed by atoms with Crippen LogP contribution < -0.4 is 15.8 Å². The second kappa shape index (κ2) is 7.64. The summed E-state index contributed by atoms with van der Waals surface area (Å²) in [6.45, 7) is 7.99. The van der Waals surface area contributed by atoms with Crippen LogP contribution in [0.25, 0.3) is 0 Å². The average molecular weight is 343 g/mol. The number of carbonyl (C=O) groups is 1. The molecule has 20 heavy (non-hydrogen) atoms. The van der Waals surface area contributed by atoms with E-state index in [-0.39, 0.29) is 24.6 Å². The average Bonchev–Trinajstić information content (AvgIpc) is 2.36. The third kappa shape index (κ3) is 5.13. The van der Waals surface area contributed by atoms with Crippen LogP contribution in [-0.2, 0) is 4.79 Å². The number of ether oxygens (including phenoxy) is 1. The minimum absolute atomic E-state index is 0.00158. The highest BCUT2D eigenvalue weighted by molar-refractivity contribution is 9.10. The Kier molecular flexibility index (Phi) is 6.49. The van der Waals surface area contributed by atoms with Gasteiger partial charge in [0.25, 0.3) is 5.91 Å². The Morgan fingerprint density at radius 1 is 1.35 bits per heavy atom. The van der Waals surface area contributed by atoms with E-state index in [0.717, 1.165) is 10.0 Å². The largest absolute Gasteiger partial charge is 0.483 e. The predicted octanol–water partition coefficient (Wildman–Crippen LogP) is 3.01. The number of carbonyl (C=O) groups excluding carboxylic acids is 1. The zero-order valence-corrected chi connectivity index (χ0v) is 14.0. The summed E-state index contributed by atoms with van der Waals surface area (Å²) in [6.07, 6.45) is 0. The summed E-state index contributed by atoms with van der Waals surface area (Å²) in [6, 6.07) is 5.58. The maximum Gasteiger partial charge on any atom is 0.258 e. The second-order valence-electron chi connectivity index (χ2n) is 5.36. The van der Waals surface area contributed by atoms with E-state index < -0.39 is 0 Å². The molecule has 0 spiro atoms. The number of nitrogens with one attached hydrogen (secondary N) is 1. The molecule has 0 saturated heterocycles. The van der Waals surface area contributed by atoms with Gasteiger partial charge in [0.2, 0.25) is 0 Å². The molecule has 0 radical (unpaired) electrons. The van der Waals surface area contributed by atoms with Crippen molar-refractivity contribution in [2.24, 2.45) is 11.7 Å². The fourth-order valence-corrected chi connectivity index (χ4v) is 1.99. The summed E-state index contributed by atoms with van der Waals surface area (Å²) in [7, 11) is 0. The first-order valence-electron chi connectivity index (χ1n) is 6.78. The molecule has 0 heterocycles. The second-order valence-corrected chi connectivity index (χ2v) is 6.28. The van der Waals surface area contributed by atoms with Gasteiger partial charge in [0.1, 0.15) is 5.75 Å². The van der Waals surface area contributed by atoms with E-state index in [4.69, 9.17) is 10.5 Å². The molecular formula is C15H23BrN2O2. The van der Waals surface area contributed by atoms with Gasteiger partial charge in [-0.15, -0.1) is 0 Å². The maximum absolute atomic E-state index is 11.8. The highest BCUT2D eigenvalue weighted by Gasteiger charge is 2.13. The molecule has 1 aromatic carbocycles. The van der Waals surface area contributed by atoms with Crippen LogP contribution in [0, 0.1) is 5.92 Å². The first-order chi connectivity index (χ1) is 9.31. The summed E-state index contributed by atoms with van der Waals surface area (Å²) in [5, 5.41) is 2.91. The zero-order chi connectivity index (χ0) is 15.3. The fraction of sp³-hybridized carbons (Fsp3) is 0.533. The topological polar surface area (TPSA) is 64.3 Å². The minimum atomic E-state index is -0.153. The third-order valence-electron chi connectivity index (χ3n) is 3.21. The molecule has 0 aliphatic heterocycles. The summed E-state index contributed by atoms with van der Waals surface area (Å²) < 4.78 is 6.52. The van der Waals surface area contributed by atoms with Crippen molar-refractivity contribution < 1.29 is 9.53 Å². The van der Waals surface area contributed by atoms with Crippen LogP contribution in [0.4, 0.5) is 0 Å². The molecule has 2 atom stereocenters. The first-order valence-corrected chi connectivity index (χ1v) is 7.57. The van der Waals surface area contributed by atoms with Crippen LogP contribution >= 0.6 is 15.9 Å². The van der Waals surface area contributed by atoms with Crippen molar-refractivity contribution in [3.8, 4) is 5.75 Å². The van der Waals surface area contributed by atoms with Gasteiger partial charge in [0.05, 0.1) is 0 Å². The maximum atomic E-state index is 11.8. The van der Waals surface area contributed by atoms with E-state index in [2.05, 4.69) is 35.1 Å². The highest BCUT2D eigenvalue weighted by atomic mass is 79.9. The zero-order valence-electron chi connectivity index (χ0n) is 12.4. The van der Waals surface area contributed by atoms with Gasteiger partial charge >= 0.3 is 0 Å². The normalized spacial score (nSPS) is 13.9. The van der Waals surface area contributed by atoms with Crippen molar-refractivity contribution in [2.45, 2.75) is 39.8 Å². The molecule has 0 aromatic heterocycles. The van der Waals surface area contributed by atoms with Crippen LogP contribution in [0.15, 0.2) is 22.7 Å². The molecule has 0 fully saturated rings. The summed E-state index contributed by atoms with van der Waals surface area (Å²) >= 11 is 3.40. The lowest BCUT2D eigenvalue weighted by molar-refractivity contribution is -0.124. The molecular weight excluding hydrogens is 320 g/mol. The molecule has 1 unspecified atom stereocenters. The summed E-state index contributed by atoms with van der Waals surface area (Å²) in [5.74, 6) is 0.923. The molecule has 0 aliphatic carbocycles. The monoisotopic (exact) mass is 342 g/mol. The fourth-order valence-electron chi connectivity index (χ4n) is 1.61. The minimum Gasteiger partial charge on any atom is -0.483 e. The molecule has 112 valence electrons. The van der Waals surface area contributed by atoms with Crippen molar-refractivity contribution in [2.75, 3.05) is 6.61 Å². The number of amides is 1. The lowest BCUT2D eigenvalue weighted by Crippen LogP contribution is -2.39. The van der Waals surface area contributed by atoms with E-state index in [1.54, 1.807) is 0 Å². The van der Waals surface area contributed by atoms with Gasteiger partial charge in [-0.2, -0.15) is 0 Å². The van der Waals surface area contributed by atoms with Crippen LogP contribution in [-0.4, -0.2) is 18.6 Å². The molecule has 4 nitrogen and oxygen atoms in total. The van der Waals surface area contributed by atoms with Crippen LogP contribution in [0.3, 0.4) is 0 Å². The van der Waals surface area contributed by atoms with Crippen LogP contribution in [0.2, 0.25) is 0 Å². The molecule has 1 amide bonds. The van der Waals surface area contributed by atoms with Gasteiger partial charge < -0.3 is 15.8 Å². The standard InChI is InChI=1S/C15H23BrN2O2/c1-9(2)11(4)18-15(19)8-20-14-6-5-12(16)7-13(14)10(3)17/h5-7,9-11H,8,17H2,1-4H3,(H,18,19)/t10-,11?/m1/s1. The van der Waals surface area contributed by atoms with E-state index >= 15 is 0 Å². The molecule has 0 bridgehead atoms. The summed E-state index contributed by atoms with van der Waals surface area (Å²) in [4.78, 5) is 11.8. The van der Waals surface area contributed by atoms with E-state index in [0.29, 0.717) is 11.7 Å². The Balaban J connectivity index is 2.64. The van der Waals surface area contributed by atoms with Gasteiger partial charge in [0, 0.05) is 22.1 Å². The number of halogens is 1. The quantitative estimate of drug-likeness (QED) is 0.835. The lowest BCUT2D eigenvalue weighted by atomic mass is 10.1. The van der Waals surface area contributed by atoms with Crippen molar-refractivity contribution >= 4 is 21.8 Å². The number of hydrogen-bond acceptors (Lipinski definition) is 3. The smallest absolute Gasteiger partial charge is 0.258 e. The molecule has 3 N–H and O–H groups in total. The third-order valence-corrected chi connectivity index (χ3v) is 3.70. The Morgan fingerprint density at radius 2 is 2.00 bits per heavy atom. The van der Waals surface area contributed by atoms with E-state index in [1.165, 1.54) is 0 Å². The number of hydrogen-bond donors (Lipinski definition) is 2.